The fraction of sp³-hybridized carbons (Fsp3) is 0. The Morgan fingerprint density at radius 2 is 1.88 bits per heavy atom. The zero-order valence-corrected chi connectivity index (χ0v) is 9.28. The van der Waals surface area contributed by atoms with Crippen LogP contribution in [-0.2, 0) is 0 Å². The zero-order valence-electron chi connectivity index (χ0n) is 8.46. The minimum atomic E-state index is 0.970. The highest BCUT2D eigenvalue weighted by Crippen LogP contribution is 2.28. The molecule has 0 radical (unpaired) electrons. The van der Waals surface area contributed by atoms with E-state index in [0.717, 1.165) is 21.8 Å². The van der Waals surface area contributed by atoms with Crippen molar-refractivity contribution >= 4 is 11.3 Å². The average Bonchev–Trinajstić information content (AvgIpc) is 3.01. The summed E-state index contributed by atoms with van der Waals surface area (Å²) in [5, 5.41) is 3.09. The van der Waals surface area contributed by atoms with Gasteiger partial charge in [-0.1, -0.05) is 30.3 Å². The van der Waals surface area contributed by atoms with Crippen molar-refractivity contribution in [2.75, 3.05) is 0 Å². The first-order valence-electron chi connectivity index (χ1n) is 4.97. The molecule has 2 aromatic heterocycles. The Labute approximate surface area is 97.2 Å². The van der Waals surface area contributed by atoms with Crippen LogP contribution in [-0.4, -0.2) is 4.98 Å². The fourth-order valence-electron chi connectivity index (χ4n) is 1.53. The molecule has 0 N–H and O–H groups in total. The topological polar surface area (TPSA) is 26.0 Å². The van der Waals surface area contributed by atoms with Crippen LogP contribution < -0.4 is 0 Å². The van der Waals surface area contributed by atoms with Gasteiger partial charge in [-0.2, -0.15) is 0 Å². The van der Waals surface area contributed by atoms with Gasteiger partial charge in [0, 0.05) is 16.5 Å². The second kappa shape index (κ2) is 3.94. The third-order valence-corrected chi connectivity index (χ3v) is 3.23. The van der Waals surface area contributed by atoms with E-state index < -0.39 is 0 Å². The van der Waals surface area contributed by atoms with E-state index >= 15 is 0 Å². The van der Waals surface area contributed by atoms with Crippen LogP contribution in [0.2, 0.25) is 0 Å². The minimum Gasteiger partial charge on any atom is -0.472 e. The summed E-state index contributed by atoms with van der Waals surface area (Å²) < 4.78 is 5.05. The van der Waals surface area contributed by atoms with Crippen molar-refractivity contribution in [1.29, 1.82) is 0 Å². The Hall–Kier alpha value is -1.87. The molecule has 0 saturated carbocycles. The Morgan fingerprint density at radius 3 is 2.62 bits per heavy atom. The molecule has 1 aromatic carbocycles. The van der Waals surface area contributed by atoms with E-state index in [1.165, 1.54) is 0 Å². The average molecular weight is 227 g/mol. The highest BCUT2D eigenvalue weighted by Gasteiger charge is 2.06. The molecule has 0 spiro atoms. The van der Waals surface area contributed by atoms with Gasteiger partial charge >= 0.3 is 0 Å². The van der Waals surface area contributed by atoms with Crippen molar-refractivity contribution in [3.63, 3.8) is 0 Å². The number of furan rings is 1. The first kappa shape index (κ1) is 9.36. The predicted octanol–water partition coefficient (Wildman–Crippen LogP) is 4.07. The smallest absolute Gasteiger partial charge is 0.124 e. The molecule has 2 heterocycles. The Bertz CT molecular complexity index is 569. The molecule has 78 valence electrons. The van der Waals surface area contributed by atoms with E-state index in [4.69, 9.17) is 4.42 Å². The van der Waals surface area contributed by atoms with E-state index in [-0.39, 0.29) is 0 Å². The van der Waals surface area contributed by atoms with E-state index in [2.05, 4.69) is 17.1 Å². The largest absolute Gasteiger partial charge is 0.472 e. The monoisotopic (exact) mass is 227 g/mol. The molecule has 3 rings (SSSR count). The van der Waals surface area contributed by atoms with Crippen LogP contribution in [0.4, 0.5) is 0 Å². The summed E-state index contributed by atoms with van der Waals surface area (Å²) in [4.78, 5) is 4.58. The molecule has 0 saturated heterocycles. The van der Waals surface area contributed by atoms with Gasteiger partial charge in [0.1, 0.15) is 5.01 Å². The maximum absolute atomic E-state index is 5.05. The van der Waals surface area contributed by atoms with Crippen LogP contribution >= 0.6 is 11.3 Å². The van der Waals surface area contributed by atoms with Gasteiger partial charge in [-0.15, -0.1) is 11.3 Å². The molecule has 0 atom stereocenters. The molecule has 0 unspecified atom stereocenters. The zero-order chi connectivity index (χ0) is 10.8. The van der Waals surface area contributed by atoms with Gasteiger partial charge in [0.2, 0.25) is 0 Å². The van der Waals surface area contributed by atoms with Crippen molar-refractivity contribution in [3.05, 3.63) is 54.3 Å². The number of thiazole rings is 1. The van der Waals surface area contributed by atoms with Crippen molar-refractivity contribution in [2.45, 2.75) is 0 Å². The summed E-state index contributed by atoms with van der Waals surface area (Å²) in [6, 6.07) is 12.1. The molecule has 0 aliphatic heterocycles. The number of benzene rings is 1. The van der Waals surface area contributed by atoms with Gasteiger partial charge in [0.05, 0.1) is 18.2 Å². The summed E-state index contributed by atoms with van der Waals surface area (Å²) in [6.45, 7) is 0. The number of hydrogen-bond donors (Lipinski definition) is 0. The molecule has 2 nitrogen and oxygen atoms in total. The van der Waals surface area contributed by atoms with E-state index in [1.54, 1.807) is 23.9 Å². The quantitative estimate of drug-likeness (QED) is 0.659. The number of nitrogens with zero attached hydrogens (tertiary/aromatic N) is 1. The van der Waals surface area contributed by atoms with Gasteiger partial charge in [0.25, 0.3) is 0 Å². The molecule has 16 heavy (non-hydrogen) atoms. The van der Waals surface area contributed by atoms with Crippen molar-refractivity contribution < 1.29 is 4.42 Å². The highest BCUT2D eigenvalue weighted by atomic mass is 32.1. The summed E-state index contributed by atoms with van der Waals surface area (Å²) >= 11 is 1.65. The number of aromatic nitrogens is 1. The Morgan fingerprint density at radius 1 is 1.00 bits per heavy atom. The van der Waals surface area contributed by atoms with Gasteiger partial charge in [-0.05, 0) is 6.07 Å². The lowest BCUT2D eigenvalue weighted by atomic mass is 10.2. The van der Waals surface area contributed by atoms with Crippen LogP contribution in [0.25, 0.3) is 21.8 Å². The fourth-order valence-corrected chi connectivity index (χ4v) is 2.37. The molecule has 0 bridgehead atoms. The normalized spacial score (nSPS) is 10.5. The lowest BCUT2D eigenvalue weighted by Gasteiger charge is -1.93. The number of rotatable bonds is 2. The summed E-state index contributed by atoms with van der Waals surface area (Å²) in [5.41, 5.74) is 3.15. The van der Waals surface area contributed by atoms with Crippen molar-refractivity contribution in [2.24, 2.45) is 0 Å². The first-order chi connectivity index (χ1) is 7.93. The van der Waals surface area contributed by atoms with Gasteiger partial charge < -0.3 is 4.42 Å². The summed E-state index contributed by atoms with van der Waals surface area (Å²) in [7, 11) is 0. The van der Waals surface area contributed by atoms with Crippen molar-refractivity contribution in [1.82, 2.24) is 4.98 Å². The van der Waals surface area contributed by atoms with Crippen LogP contribution in [0.15, 0.2) is 58.7 Å². The van der Waals surface area contributed by atoms with Crippen LogP contribution in [0.1, 0.15) is 0 Å². The Balaban J connectivity index is 2.00. The molecule has 0 aliphatic rings. The third-order valence-electron chi connectivity index (χ3n) is 2.34. The second-order valence-corrected chi connectivity index (χ2v) is 4.27. The molecule has 0 fully saturated rings. The third kappa shape index (κ3) is 1.66. The van der Waals surface area contributed by atoms with E-state index in [9.17, 15) is 0 Å². The van der Waals surface area contributed by atoms with Gasteiger partial charge in [-0.3, -0.25) is 0 Å². The maximum atomic E-state index is 5.05. The first-order valence-corrected chi connectivity index (χ1v) is 5.85. The lowest BCUT2D eigenvalue weighted by molar-refractivity contribution is 0.568. The SMILES string of the molecule is c1ccc(-c2nc(-c3ccoc3)cs2)cc1. The Kier molecular flexibility index (Phi) is 2.31. The molecule has 3 heteroatoms. The molecular formula is C13H9NOS. The standard InChI is InChI=1S/C13H9NOS/c1-2-4-10(5-3-1)13-14-12(9-16-13)11-6-7-15-8-11/h1-9H. The summed E-state index contributed by atoms with van der Waals surface area (Å²) in [5.74, 6) is 0. The maximum Gasteiger partial charge on any atom is 0.124 e. The van der Waals surface area contributed by atoms with Gasteiger partial charge in [-0.25, -0.2) is 4.98 Å². The second-order valence-electron chi connectivity index (χ2n) is 3.42. The molecule has 3 aromatic rings. The van der Waals surface area contributed by atoms with Crippen molar-refractivity contribution in [3.8, 4) is 21.8 Å². The van der Waals surface area contributed by atoms with Crippen LogP contribution in [0.3, 0.4) is 0 Å². The molecule has 0 amide bonds. The van der Waals surface area contributed by atoms with Crippen LogP contribution in [0, 0.1) is 0 Å². The summed E-state index contributed by atoms with van der Waals surface area (Å²) in [6.07, 6.45) is 3.38. The lowest BCUT2D eigenvalue weighted by Crippen LogP contribution is -1.76. The van der Waals surface area contributed by atoms with E-state index in [1.807, 2.05) is 29.6 Å². The predicted molar refractivity (Wildman–Crippen MR) is 65.3 cm³/mol. The van der Waals surface area contributed by atoms with Gasteiger partial charge in [0.15, 0.2) is 0 Å². The highest BCUT2D eigenvalue weighted by molar-refractivity contribution is 7.13. The van der Waals surface area contributed by atoms with Crippen LogP contribution in [0.5, 0.6) is 0 Å². The number of hydrogen-bond acceptors (Lipinski definition) is 3. The molecular weight excluding hydrogens is 218 g/mol. The van der Waals surface area contributed by atoms with E-state index in [0.29, 0.717) is 0 Å². The molecule has 0 aliphatic carbocycles. The minimum absolute atomic E-state index is 0.970.